The van der Waals surface area contributed by atoms with Gasteiger partial charge in [0.05, 0.1) is 5.69 Å². The standard InChI is InChI=1S/C25H20F3NO3/c1-14-7-9-19(15(2)11-14)23(30)24-22(29-3)20-10-8-17(13-21(20)31-24)16-5-4-6-18(12-16)32-25(26,27)28/h4-13,29H,1-3H3. The van der Waals surface area contributed by atoms with E-state index in [1.165, 1.54) is 18.2 Å². The van der Waals surface area contributed by atoms with E-state index < -0.39 is 6.36 Å². The smallest absolute Gasteiger partial charge is 0.450 e. The Hall–Kier alpha value is -3.74. The highest BCUT2D eigenvalue weighted by atomic mass is 19.4. The summed E-state index contributed by atoms with van der Waals surface area (Å²) in [6.45, 7) is 3.83. The van der Waals surface area contributed by atoms with Crippen molar-refractivity contribution in [1.29, 1.82) is 0 Å². The maximum absolute atomic E-state index is 13.2. The molecule has 0 spiro atoms. The molecular formula is C25H20F3NO3. The molecule has 3 aromatic carbocycles. The molecule has 164 valence electrons. The van der Waals surface area contributed by atoms with Crippen LogP contribution in [0.25, 0.3) is 22.1 Å². The van der Waals surface area contributed by atoms with Crippen LogP contribution in [0.15, 0.2) is 65.1 Å². The van der Waals surface area contributed by atoms with Crippen LogP contribution in [0.3, 0.4) is 0 Å². The Kier molecular flexibility index (Phi) is 5.42. The maximum Gasteiger partial charge on any atom is 0.573 e. The molecule has 0 aliphatic carbocycles. The summed E-state index contributed by atoms with van der Waals surface area (Å²) in [6.07, 6.45) is -4.77. The van der Waals surface area contributed by atoms with Gasteiger partial charge in [0.2, 0.25) is 5.78 Å². The molecule has 0 radical (unpaired) electrons. The molecule has 1 N–H and O–H groups in total. The topological polar surface area (TPSA) is 51.5 Å². The van der Waals surface area contributed by atoms with E-state index in [2.05, 4.69) is 10.1 Å². The van der Waals surface area contributed by atoms with E-state index >= 15 is 0 Å². The minimum absolute atomic E-state index is 0.181. The number of rotatable bonds is 5. The molecule has 0 amide bonds. The second-order valence-electron chi connectivity index (χ2n) is 7.49. The van der Waals surface area contributed by atoms with E-state index in [0.29, 0.717) is 33.3 Å². The highest BCUT2D eigenvalue weighted by Crippen LogP contribution is 2.36. The molecule has 1 heterocycles. The van der Waals surface area contributed by atoms with Gasteiger partial charge in [-0.1, -0.05) is 42.0 Å². The Labute approximate surface area is 182 Å². The average Bonchev–Trinajstić information content (AvgIpc) is 3.10. The number of ether oxygens (including phenoxy) is 1. The number of hydrogen-bond acceptors (Lipinski definition) is 4. The first kappa shape index (κ1) is 21.5. The third kappa shape index (κ3) is 4.19. The lowest BCUT2D eigenvalue weighted by molar-refractivity contribution is -0.274. The fourth-order valence-corrected chi connectivity index (χ4v) is 3.75. The SMILES string of the molecule is CNc1c(C(=O)c2ccc(C)cc2C)oc2cc(-c3cccc(OC(F)(F)F)c3)ccc12. The maximum atomic E-state index is 13.2. The quantitative estimate of drug-likeness (QED) is 0.344. The van der Waals surface area contributed by atoms with Crippen LogP contribution in [0.1, 0.15) is 27.2 Å². The van der Waals surface area contributed by atoms with Gasteiger partial charge in [-0.2, -0.15) is 0 Å². The summed E-state index contributed by atoms with van der Waals surface area (Å²) in [5.41, 5.74) is 4.61. The van der Waals surface area contributed by atoms with Crippen molar-refractivity contribution in [1.82, 2.24) is 0 Å². The molecule has 0 unspecified atom stereocenters. The number of carbonyl (C=O) groups excluding carboxylic acids is 1. The molecule has 32 heavy (non-hydrogen) atoms. The number of aryl methyl sites for hydroxylation is 2. The summed E-state index contributed by atoms with van der Waals surface area (Å²) in [6, 6.07) is 16.5. The van der Waals surface area contributed by atoms with Crippen molar-refractivity contribution < 1.29 is 27.1 Å². The van der Waals surface area contributed by atoms with Crippen molar-refractivity contribution in [2.24, 2.45) is 0 Å². The molecule has 7 heteroatoms. The van der Waals surface area contributed by atoms with E-state index in [1.54, 1.807) is 37.4 Å². The fraction of sp³-hybridized carbons (Fsp3) is 0.160. The Balaban J connectivity index is 1.76. The zero-order valence-corrected chi connectivity index (χ0v) is 17.6. The lowest BCUT2D eigenvalue weighted by atomic mass is 10.00. The Morgan fingerprint density at radius 3 is 2.41 bits per heavy atom. The Bertz CT molecular complexity index is 1320. The minimum atomic E-state index is -4.77. The van der Waals surface area contributed by atoms with Crippen molar-refractivity contribution in [2.75, 3.05) is 12.4 Å². The number of hydrogen-bond donors (Lipinski definition) is 1. The third-order valence-electron chi connectivity index (χ3n) is 5.17. The Morgan fingerprint density at radius 1 is 0.969 bits per heavy atom. The first-order valence-corrected chi connectivity index (χ1v) is 9.89. The van der Waals surface area contributed by atoms with Crippen LogP contribution >= 0.6 is 0 Å². The number of benzene rings is 3. The van der Waals surface area contributed by atoms with E-state index in [4.69, 9.17) is 4.42 Å². The molecule has 0 saturated heterocycles. The number of furan rings is 1. The van der Waals surface area contributed by atoms with Crippen LogP contribution in [0.5, 0.6) is 5.75 Å². The summed E-state index contributed by atoms with van der Waals surface area (Å²) in [5, 5.41) is 3.74. The van der Waals surface area contributed by atoms with Crippen molar-refractivity contribution in [3.05, 3.63) is 83.1 Å². The van der Waals surface area contributed by atoms with Gasteiger partial charge in [0, 0.05) is 18.0 Å². The van der Waals surface area contributed by atoms with Gasteiger partial charge >= 0.3 is 6.36 Å². The van der Waals surface area contributed by atoms with Crippen LogP contribution in [-0.2, 0) is 0 Å². The van der Waals surface area contributed by atoms with E-state index in [9.17, 15) is 18.0 Å². The first-order valence-electron chi connectivity index (χ1n) is 9.89. The molecule has 0 aliphatic rings. The molecule has 0 atom stereocenters. The highest BCUT2D eigenvalue weighted by molar-refractivity contribution is 6.15. The van der Waals surface area contributed by atoms with E-state index in [1.807, 2.05) is 26.0 Å². The summed E-state index contributed by atoms with van der Waals surface area (Å²) >= 11 is 0. The van der Waals surface area contributed by atoms with Crippen LogP contribution in [0.4, 0.5) is 18.9 Å². The monoisotopic (exact) mass is 439 g/mol. The summed E-state index contributed by atoms with van der Waals surface area (Å²) in [4.78, 5) is 13.2. The molecule has 1 aromatic heterocycles. The molecule has 4 aromatic rings. The van der Waals surface area contributed by atoms with Crippen LogP contribution < -0.4 is 10.1 Å². The number of fused-ring (bicyclic) bond motifs is 1. The number of alkyl halides is 3. The first-order chi connectivity index (χ1) is 15.2. The minimum Gasteiger partial charge on any atom is -0.450 e. The Morgan fingerprint density at radius 2 is 1.72 bits per heavy atom. The molecule has 4 nitrogen and oxygen atoms in total. The van der Waals surface area contributed by atoms with Gasteiger partial charge in [0.1, 0.15) is 11.3 Å². The summed E-state index contributed by atoms with van der Waals surface area (Å²) in [5.74, 6) is -0.373. The number of nitrogens with one attached hydrogen (secondary N) is 1. The number of carbonyl (C=O) groups is 1. The van der Waals surface area contributed by atoms with Crippen molar-refractivity contribution in [3.63, 3.8) is 0 Å². The molecule has 4 rings (SSSR count). The third-order valence-corrected chi connectivity index (χ3v) is 5.17. The number of anilines is 1. The van der Waals surface area contributed by atoms with Gasteiger partial charge in [-0.05, 0) is 54.8 Å². The molecule has 0 fully saturated rings. The predicted octanol–water partition coefficient (Wildman–Crippen LogP) is 6.89. The van der Waals surface area contributed by atoms with Gasteiger partial charge in [-0.15, -0.1) is 13.2 Å². The molecule has 0 bridgehead atoms. The van der Waals surface area contributed by atoms with E-state index in [0.717, 1.165) is 11.1 Å². The number of halogens is 3. The van der Waals surface area contributed by atoms with Gasteiger partial charge < -0.3 is 14.5 Å². The average molecular weight is 439 g/mol. The molecule has 0 aliphatic heterocycles. The van der Waals surface area contributed by atoms with Crippen LogP contribution in [-0.4, -0.2) is 19.2 Å². The van der Waals surface area contributed by atoms with Gasteiger partial charge in [0.25, 0.3) is 0 Å². The number of ketones is 1. The second-order valence-corrected chi connectivity index (χ2v) is 7.49. The van der Waals surface area contributed by atoms with Crippen molar-refractivity contribution in [3.8, 4) is 16.9 Å². The zero-order valence-electron chi connectivity index (χ0n) is 17.6. The van der Waals surface area contributed by atoms with Crippen molar-refractivity contribution in [2.45, 2.75) is 20.2 Å². The highest BCUT2D eigenvalue weighted by Gasteiger charge is 2.31. The largest absolute Gasteiger partial charge is 0.573 e. The molecular weight excluding hydrogens is 419 g/mol. The van der Waals surface area contributed by atoms with Crippen LogP contribution in [0.2, 0.25) is 0 Å². The van der Waals surface area contributed by atoms with Crippen molar-refractivity contribution >= 4 is 22.4 Å². The lowest BCUT2D eigenvalue weighted by Gasteiger charge is -2.10. The van der Waals surface area contributed by atoms with Gasteiger partial charge in [-0.3, -0.25) is 4.79 Å². The van der Waals surface area contributed by atoms with E-state index in [-0.39, 0.29) is 17.3 Å². The normalized spacial score (nSPS) is 11.6. The predicted molar refractivity (Wildman–Crippen MR) is 117 cm³/mol. The van der Waals surface area contributed by atoms with Gasteiger partial charge in [0.15, 0.2) is 5.76 Å². The second kappa shape index (κ2) is 8.07. The summed E-state index contributed by atoms with van der Waals surface area (Å²) in [7, 11) is 1.70. The summed E-state index contributed by atoms with van der Waals surface area (Å²) < 4.78 is 47.6. The van der Waals surface area contributed by atoms with Gasteiger partial charge in [-0.25, -0.2) is 0 Å². The fourth-order valence-electron chi connectivity index (χ4n) is 3.75. The lowest BCUT2D eigenvalue weighted by Crippen LogP contribution is -2.17. The van der Waals surface area contributed by atoms with Crippen LogP contribution in [0, 0.1) is 13.8 Å². The molecule has 0 saturated carbocycles. The zero-order chi connectivity index (χ0) is 23.0.